The van der Waals surface area contributed by atoms with Crippen molar-refractivity contribution in [2.45, 2.75) is 25.8 Å². The first-order chi connectivity index (χ1) is 12.2. The number of piperidine rings is 1. The van der Waals surface area contributed by atoms with E-state index in [1.165, 1.54) is 0 Å². The van der Waals surface area contributed by atoms with Gasteiger partial charge in [-0.2, -0.15) is 0 Å². The number of carbonyl (C=O) groups is 2. The lowest BCUT2D eigenvalue weighted by molar-refractivity contribution is -0.124. The Morgan fingerprint density at radius 3 is 2.76 bits per heavy atom. The van der Waals surface area contributed by atoms with Crippen LogP contribution in [0.2, 0.25) is 0 Å². The number of ether oxygens (including phenoxy) is 4. The van der Waals surface area contributed by atoms with Gasteiger partial charge in [0.05, 0.1) is 6.61 Å². The number of hydrogen-bond donors (Lipinski definition) is 1. The summed E-state index contributed by atoms with van der Waals surface area (Å²) in [7, 11) is 0. The largest absolute Gasteiger partial charge is 0.484 e. The fourth-order valence-electron chi connectivity index (χ4n) is 2.81. The molecule has 8 heteroatoms. The average Bonchev–Trinajstić information content (AvgIpc) is 3.08. The number of benzene rings is 1. The molecule has 8 nitrogen and oxygen atoms in total. The topological polar surface area (TPSA) is 86.3 Å². The summed E-state index contributed by atoms with van der Waals surface area (Å²) in [4.78, 5) is 25.3. The maximum atomic E-state index is 12.0. The lowest BCUT2D eigenvalue weighted by atomic mass is 10.1. The molecular weight excluding hydrogens is 328 g/mol. The quantitative estimate of drug-likeness (QED) is 0.867. The van der Waals surface area contributed by atoms with Crippen LogP contribution in [-0.2, 0) is 9.53 Å². The van der Waals surface area contributed by atoms with Crippen LogP contribution < -0.4 is 19.5 Å². The molecule has 2 aliphatic rings. The van der Waals surface area contributed by atoms with E-state index in [-0.39, 0.29) is 31.4 Å². The summed E-state index contributed by atoms with van der Waals surface area (Å²) in [5.41, 5.74) is 0. The molecule has 0 bridgehead atoms. The van der Waals surface area contributed by atoms with E-state index in [0.29, 0.717) is 49.8 Å². The van der Waals surface area contributed by atoms with Crippen LogP contribution in [0.5, 0.6) is 17.2 Å². The van der Waals surface area contributed by atoms with Crippen LogP contribution in [0.1, 0.15) is 19.8 Å². The third-order valence-corrected chi connectivity index (χ3v) is 4.10. The van der Waals surface area contributed by atoms with Gasteiger partial charge in [-0.1, -0.05) is 0 Å². The van der Waals surface area contributed by atoms with Gasteiger partial charge in [-0.05, 0) is 31.9 Å². The van der Waals surface area contributed by atoms with Crippen LogP contribution in [0.4, 0.5) is 4.79 Å². The van der Waals surface area contributed by atoms with Gasteiger partial charge in [0.25, 0.3) is 5.91 Å². The zero-order valence-corrected chi connectivity index (χ0v) is 14.2. The van der Waals surface area contributed by atoms with Gasteiger partial charge < -0.3 is 29.2 Å². The van der Waals surface area contributed by atoms with E-state index in [9.17, 15) is 9.59 Å². The van der Waals surface area contributed by atoms with Crippen LogP contribution in [0.25, 0.3) is 0 Å². The summed E-state index contributed by atoms with van der Waals surface area (Å²) in [6, 6.07) is 5.23. The molecule has 1 aromatic rings. The van der Waals surface area contributed by atoms with Crippen molar-refractivity contribution in [3.63, 3.8) is 0 Å². The van der Waals surface area contributed by atoms with Crippen LogP contribution in [-0.4, -0.2) is 56.0 Å². The number of likely N-dealkylation sites (tertiary alicyclic amines) is 1. The van der Waals surface area contributed by atoms with E-state index in [0.717, 1.165) is 0 Å². The van der Waals surface area contributed by atoms with E-state index < -0.39 is 0 Å². The molecule has 0 aromatic heterocycles. The second-order valence-corrected chi connectivity index (χ2v) is 5.83. The zero-order valence-electron chi connectivity index (χ0n) is 14.2. The molecule has 2 amide bonds. The molecule has 2 aliphatic heterocycles. The minimum atomic E-state index is -0.293. The number of nitrogens with one attached hydrogen (secondary N) is 1. The molecule has 1 fully saturated rings. The average molecular weight is 350 g/mol. The second-order valence-electron chi connectivity index (χ2n) is 5.83. The monoisotopic (exact) mass is 350 g/mol. The van der Waals surface area contributed by atoms with Crippen molar-refractivity contribution in [1.29, 1.82) is 0 Å². The summed E-state index contributed by atoms with van der Waals surface area (Å²) < 4.78 is 21.0. The van der Waals surface area contributed by atoms with Gasteiger partial charge in [-0.3, -0.25) is 4.79 Å². The maximum absolute atomic E-state index is 12.0. The van der Waals surface area contributed by atoms with Crippen molar-refractivity contribution < 1.29 is 28.5 Å². The van der Waals surface area contributed by atoms with Gasteiger partial charge >= 0.3 is 6.09 Å². The highest BCUT2D eigenvalue weighted by molar-refractivity contribution is 5.78. The number of nitrogens with zero attached hydrogens (tertiary/aromatic N) is 1. The summed E-state index contributed by atoms with van der Waals surface area (Å²) in [6.45, 7) is 3.43. The number of amides is 2. The molecule has 136 valence electrons. The molecule has 1 aromatic carbocycles. The standard InChI is InChI=1S/C17H22N2O6/c1-2-22-17(21)19-7-5-12(6-8-19)18-16(20)10-23-13-3-4-14-15(9-13)25-11-24-14/h3-4,9,12H,2,5-8,10-11H2,1H3,(H,18,20). The Labute approximate surface area is 146 Å². The van der Waals surface area contributed by atoms with E-state index in [1.54, 1.807) is 30.0 Å². The Balaban J connectivity index is 1.39. The Hall–Kier alpha value is -2.64. The van der Waals surface area contributed by atoms with E-state index >= 15 is 0 Å². The Bertz CT molecular complexity index is 628. The highest BCUT2D eigenvalue weighted by atomic mass is 16.7. The molecular formula is C17H22N2O6. The molecule has 1 saturated heterocycles. The van der Waals surface area contributed by atoms with Crippen LogP contribution >= 0.6 is 0 Å². The Morgan fingerprint density at radius 2 is 2.00 bits per heavy atom. The number of carbonyl (C=O) groups excluding carboxylic acids is 2. The second kappa shape index (κ2) is 7.96. The normalized spacial score (nSPS) is 16.4. The van der Waals surface area contributed by atoms with Gasteiger partial charge in [0.2, 0.25) is 6.79 Å². The molecule has 0 aliphatic carbocycles. The predicted molar refractivity (Wildman–Crippen MR) is 87.8 cm³/mol. The third kappa shape index (κ3) is 4.46. The van der Waals surface area contributed by atoms with E-state index in [4.69, 9.17) is 18.9 Å². The molecule has 0 spiro atoms. The third-order valence-electron chi connectivity index (χ3n) is 4.10. The van der Waals surface area contributed by atoms with Crippen molar-refractivity contribution in [2.75, 3.05) is 33.1 Å². The lowest BCUT2D eigenvalue weighted by Crippen LogP contribution is -2.47. The Kier molecular flexibility index (Phi) is 5.47. The predicted octanol–water partition coefficient (Wildman–Crippen LogP) is 1.53. The van der Waals surface area contributed by atoms with Crippen LogP contribution in [0.3, 0.4) is 0 Å². The van der Waals surface area contributed by atoms with E-state index in [1.807, 2.05) is 0 Å². The van der Waals surface area contributed by atoms with Crippen molar-refractivity contribution in [3.05, 3.63) is 18.2 Å². The fourth-order valence-corrected chi connectivity index (χ4v) is 2.81. The number of rotatable bonds is 5. The van der Waals surface area contributed by atoms with Gasteiger partial charge in [-0.25, -0.2) is 4.79 Å². The highest BCUT2D eigenvalue weighted by Gasteiger charge is 2.24. The van der Waals surface area contributed by atoms with Gasteiger partial charge in [-0.15, -0.1) is 0 Å². The Morgan fingerprint density at radius 1 is 1.24 bits per heavy atom. The molecule has 3 rings (SSSR count). The summed E-state index contributed by atoms with van der Waals surface area (Å²) in [6.07, 6.45) is 1.11. The lowest BCUT2D eigenvalue weighted by Gasteiger charge is -2.31. The minimum Gasteiger partial charge on any atom is -0.484 e. The molecule has 0 atom stereocenters. The maximum Gasteiger partial charge on any atom is 0.409 e. The van der Waals surface area contributed by atoms with Crippen molar-refractivity contribution in [2.24, 2.45) is 0 Å². The summed E-state index contributed by atoms with van der Waals surface area (Å²) >= 11 is 0. The first-order valence-electron chi connectivity index (χ1n) is 8.39. The molecule has 2 heterocycles. The zero-order chi connectivity index (χ0) is 17.6. The molecule has 0 unspecified atom stereocenters. The summed E-state index contributed by atoms with van der Waals surface area (Å²) in [5.74, 6) is 1.65. The van der Waals surface area contributed by atoms with Gasteiger partial charge in [0.1, 0.15) is 5.75 Å². The summed E-state index contributed by atoms with van der Waals surface area (Å²) in [5, 5.41) is 2.93. The van der Waals surface area contributed by atoms with Crippen LogP contribution in [0, 0.1) is 0 Å². The fraction of sp³-hybridized carbons (Fsp3) is 0.529. The van der Waals surface area contributed by atoms with Crippen LogP contribution in [0.15, 0.2) is 18.2 Å². The molecule has 1 N–H and O–H groups in total. The van der Waals surface area contributed by atoms with E-state index in [2.05, 4.69) is 5.32 Å². The SMILES string of the molecule is CCOC(=O)N1CCC(NC(=O)COc2ccc3c(c2)OCO3)CC1. The van der Waals surface area contributed by atoms with Gasteiger partial charge in [0.15, 0.2) is 18.1 Å². The number of fused-ring (bicyclic) bond motifs is 1. The van der Waals surface area contributed by atoms with Crippen molar-refractivity contribution in [3.8, 4) is 17.2 Å². The molecule has 25 heavy (non-hydrogen) atoms. The number of hydrogen-bond acceptors (Lipinski definition) is 6. The van der Waals surface area contributed by atoms with Crippen molar-refractivity contribution >= 4 is 12.0 Å². The molecule has 0 radical (unpaired) electrons. The molecule has 0 saturated carbocycles. The minimum absolute atomic E-state index is 0.0403. The van der Waals surface area contributed by atoms with Gasteiger partial charge in [0, 0.05) is 25.2 Å². The first kappa shape index (κ1) is 17.2. The first-order valence-corrected chi connectivity index (χ1v) is 8.39. The highest BCUT2D eigenvalue weighted by Crippen LogP contribution is 2.35. The smallest absolute Gasteiger partial charge is 0.409 e. The van der Waals surface area contributed by atoms with Crippen molar-refractivity contribution in [1.82, 2.24) is 10.2 Å².